The Bertz CT molecular complexity index is 588. The Labute approximate surface area is 126 Å². The first-order chi connectivity index (χ1) is 8.60. The van der Waals surface area contributed by atoms with Crippen molar-refractivity contribution in [3.63, 3.8) is 0 Å². The molecule has 7 heteroatoms. The van der Waals surface area contributed by atoms with Gasteiger partial charge in [0.2, 0.25) is 0 Å². The van der Waals surface area contributed by atoms with E-state index in [1.165, 1.54) is 24.6 Å². The van der Waals surface area contributed by atoms with Crippen LogP contribution in [-0.2, 0) is 4.74 Å². The van der Waals surface area contributed by atoms with Crippen LogP contribution in [0, 0.1) is 3.57 Å². The zero-order valence-corrected chi connectivity index (χ0v) is 13.0. The van der Waals surface area contributed by atoms with Gasteiger partial charge >= 0.3 is 5.97 Å². The number of carbonyl (C=O) groups excluding carboxylic acids is 1. The van der Waals surface area contributed by atoms with Crippen LogP contribution in [0.25, 0.3) is 0 Å². The van der Waals surface area contributed by atoms with E-state index in [0.717, 1.165) is 9.26 Å². The number of methoxy groups -OCH3 is 1. The molecule has 2 rings (SSSR count). The Balaban J connectivity index is 2.18. The van der Waals surface area contributed by atoms with E-state index in [1.807, 2.05) is 12.1 Å². The first-order valence-corrected chi connectivity index (χ1v) is 7.13. The molecule has 1 aromatic carbocycles. The van der Waals surface area contributed by atoms with Crippen LogP contribution in [0.3, 0.4) is 0 Å². The van der Waals surface area contributed by atoms with Crippen molar-refractivity contribution in [3.8, 4) is 0 Å². The molecule has 0 aliphatic heterocycles. The molecular formula is C11H8ClIN2O2S. The van der Waals surface area contributed by atoms with E-state index >= 15 is 0 Å². The lowest BCUT2D eigenvalue weighted by Crippen LogP contribution is -1.96. The smallest absolute Gasteiger partial charge is 0.349 e. The van der Waals surface area contributed by atoms with E-state index in [4.69, 9.17) is 11.6 Å². The lowest BCUT2D eigenvalue weighted by molar-refractivity contribution is 0.0606. The molecule has 0 unspecified atom stereocenters. The summed E-state index contributed by atoms with van der Waals surface area (Å²) < 4.78 is 5.61. The van der Waals surface area contributed by atoms with Crippen LogP contribution in [0.4, 0.5) is 10.8 Å². The van der Waals surface area contributed by atoms with Crippen molar-refractivity contribution in [3.05, 3.63) is 37.9 Å². The molecule has 18 heavy (non-hydrogen) atoms. The van der Waals surface area contributed by atoms with Gasteiger partial charge in [-0.15, -0.1) is 0 Å². The van der Waals surface area contributed by atoms with Crippen LogP contribution >= 0.6 is 45.5 Å². The largest absolute Gasteiger partial charge is 0.465 e. The van der Waals surface area contributed by atoms with E-state index in [-0.39, 0.29) is 5.97 Å². The fourth-order valence-corrected chi connectivity index (χ4v) is 2.99. The van der Waals surface area contributed by atoms with Gasteiger partial charge in [0.05, 0.1) is 19.0 Å². The molecule has 1 aromatic heterocycles. The van der Waals surface area contributed by atoms with E-state index in [0.29, 0.717) is 15.0 Å². The second kappa shape index (κ2) is 5.85. The molecule has 94 valence electrons. The average molecular weight is 395 g/mol. The third-order valence-electron chi connectivity index (χ3n) is 2.07. The number of nitrogens with zero attached hydrogens (tertiary/aromatic N) is 1. The Morgan fingerprint density at radius 3 is 3.00 bits per heavy atom. The number of halogens is 2. The van der Waals surface area contributed by atoms with Gasteiger partial charge in [-0.3, -0.25) is 0 Å². The molecule has 0 spiro atoms. The number of esters is 1. The second-order valence-electron chi connectivity index (χ2n) is 3.27. The molecule has 0 amide bonds. The van der Waals surface area contributed by atoms with Gasteiger partial charge in [0, 0.05) is 8.59 Å². The minimum absolute atomic E-state index is 0.383. The van der Waals surface area contributed by atoms with E-state index in [9.17, 15) is 4.79 Å². The molecular weight excluding hydrogens is 387 g/mol. The number of anilines is 2. The number of aromatic nitrogens is 1. The molecule has 0 radical (unpaired) electrons. The number of carbonyl (C=O) groups is 1. The predicted octanol–water partition coefficient (Wildman–Crippen LogP) is 3.93. The topological polar surface area (TPSA) is 51.2 Å². The highest BCUT2D eigenvalue weighted by atomic mass is 127. The summed E-state index contributed by atoms with van der Waals surface area (Å²) in [5, 5.41) is 4.45. The summed E-state index contributed by atoms with van der Waals surface area (Å²) in [6.45, 7) is 0. The summed E-state index contributed by atoms with van der Waals surface area (Å²) in [7, 11) is 1.34. The van der Waals surface area contributed by atoms with Crippen molar-refractivity contribution < 1.29 is 9.53 Å². The quantitative estimate of drug-likeness (QED) is 0.633. The highest BCUT2D eigenvalue weighted by molar-refractivity contribution is 14.1. The molecule has 0 bridgehead atoms. The highest BCUT2D eigenvalue weighted by Gasteiger charge is 2.11. The standard InChI is InChI=1S/C11H8ClIN2O2S/c1-17-10(16)9-5-14-11(18-9)15-8-3-2-6(12)4-7(8)13/h2-5H,1H3,(H,14,15). The van der Waals surface area contributed by atoms with E-state index in [1.54, 1.807) is 6.07 Å². The molecule has 0 fully saturated rings. The molecule has 0 saturated carbocycles. The average Bonchev–Trinajstić information content (AvgIpc) is 2.80. The van der Waals surface area contributed by atoms with Gasteiger partial charge in [0.1, 0.15) is 4.88 Å². The van der Waals surface area contributed by atoms with Gasteiger partial charge in [-0.2, -0.15) is 0 Å². The zero-order chi connectivity index (χ0) is 13.1. The first-order valence-electron chi connectivity index (χ1n) is 4.86. The number of rotatable bonds is 3. The molecule has 0 aliphatic carbocycles. The number of nitrogens with one attached hydrogen (secondary N) is 1. The normalized spacial score (nSPS) is 10.2. The number of hydrogen-bond donors (Lipinski definition) is 1. The fraction of sp³-hybridized carbons (Fsp3) is 0.0909. The summed E-state index contributed by atoms with van der Waals surface area (Å²) in [4.78, 5) is 15.9. The highest BCUT2D eigenvalue weighted by Crippen LogP contribution is 2.28. The molecule has 2 aromatic rings. The molecule has 4 nitrogen and oxygen atoms in total. The minimum Gasteiger partial charge on any atom is -0.465 e. The monoisotopic (exact) mass is 394 g/mol. The van der Waals surface area contributed by atoms with Crippen LogP contribution in [0.2, 0.25) is 5.02 Å². The van der Waals surface area contributed by atoms with Gasteiger partial charge < -0.3 is 10.1 Å². The minimum atomic E-state index is -0.383. The Morgan fingerprint density at radius 1 is 1.56 bits per heavy atom. The van der Waals surface area contributed by atoms with Crippen molar-refractivity contribution >= 4 is 62.3 Å². The summed E-state index contributed by atoms with van der Waals surface area (Å²) in [5.41, 5.74) is 0.894. The predicted molar refractivity (Wildman–Crippen MR) is 80.9 cm³/mol. The number of benzene rings is 1. The molecule has 0 aliphatic rings. The lowest BCUT2D eigenvalue weighted by Gasteiger charge is -2.05. The number of thiazole rings is 1. The lowest BCUT2D eigenvalue weighted by atomic mass is 10.3. The second-order valence-corrected chi connectivity index (χ2v) is 5.90. The maximum atomic E-state index is 11.3. The van der Waals surface area contributed by atoms with Gasteiger partial charge in [0.25, 0.3) is 0 Å². The van der Waals surface area contributed by atoms with Crippen LogP contribution in [0.1, 0.15) is 9.67 Å². The van der Waals surface area contributed by atoms with Crippen LogP contribution < -0.4 is 5.32 Å². The summed E-state index contributed by atoms with van der Waals surface area (Å²) in [6, 6.07) is 5.50. The van der Waals surface area contributed by atoms with Crippen molar-refractivity contribution in [1.29, 1.82) is 0 Å². The summed E-state index contributed by atoms with van der Waals surface area (Å²) in [6.07, 6.45) is 1.49. The van der Waals surface area contributed by atoms with Crippen molar-refractivity contribution in [2.75, 3.05) is 12.4 Å². The Morgan fingerprint density at radius 2 is 2.33 bits per heavy atom. The molecule has 0 atom stereocenters. The van der Waals surface area contributed by atoms with Gasteiger partial charge in [0.15, 0.2) is 5.13 Å². The van der Waals surface area contributed by atoms with Crippen molar-refractivity contribution in [2.24, 2.45) is 0 Å². The van der Waals surface area contributed by atoms with Crippen LogP contribution in [-0.4, -0.2) is 18.1 Å². The first kappa shape index (κ1) is 13.6. The van der Waals surface area contributed by atoms with Crippen molar-refractivity contribution in [2.45, 2.75) is 0 Å². The van der Waals surface area contributed by atoms with Crippen LogP contribution in [0.15, 0.2) is 24.4 Å². The van der Waals surface area contributed by atoms with E-state index in [2.05, 4.69) is 37.6 Å². The Hall–Kier alpha value is -0.860. The Kier molecular flexibility index (Phi) is 4.41. The van der Waals surface area contributed by atoms with E-state index < -0.39 is 0 Å². The number of hydrogen-bond acceptors (Lipinski definition) is 5. The third kappa shape index (κ3) is 3.12. The van der Waals surface area contributed by atoms with Gasteiger partial charge in [-0.05, 0) is 40.8 Å². The van der Waals surface area contributed by atoms with Gasteiger partial charge in [-0.1, -0.05) is 22.9 Å². The maximum Gasteiger partial charge on any atom is 0.349 e. The molecule has 1 heterocycles. The maximum absolute atomic E-state index is 11.3. The molecule has 0 saturated heterocycles. The third-order valence-corrected chi connectivity index (χ3v) is 4.09. The van der Waals surface area contributed by atoms with Crippen LogP contribution in [0.5, 0.6) is 0 Å². The summed E-state index contributed by atoms with van der Waals surface area (Å²) in [5.74, 6) is -0.383. The van der Waals surface area contributed by atoms with Gasteiger partial charge in [-0.25, -0.2) is 9.78 Å². The molecule has 1 N–H and O–H groups in total. The van der Waals surface area contributed by atoms with Crippen molar-refractivity contribution in [1.82, 2.24) is 4.98 Å². The number of ether oxygens (including phenoxy) is 1. The zero-order valence-electron chi connectivity index (χ0n) is 9.24. The SMILES string of the molecule is COC(=O)c1cnc(Nc2ccc(Cl)cc2I)s1. The summed E-state index contributed by atoms with van der Waals surface area (Å²) >= 11 is 9.30. The fourth-order valence-electron chi connectivity index (χ4n) is 1.23.